The Bertz CT molecular complexity index is 1690. The lowest BCUT2D eigenvalue weighted by atomic mass is 9.97. The lowest BCUT2D eigenvalue weighted by Crippen LogP contribution is -2.64. The number of aromatic amines is 1. The molecule has 8 unspecified atom stereocenters. The van der Waals surface area contributed by atoms with E-state index in [0.717, 1.165) is 0 Å². The zero-order valence-corrected chi connectivity index (χ0v) is 28.6. The fourth-order valence-corrected chi connectivity index (χ4v) is 6.09. The first-order valence-corrected chi connectivity index (χ1v) is 17.1. The van der Waals surface area contributed by atoms with Crippen molar-refractivity contribution in [1.82, 2.24) is 39.8 Å². The van der Waals surface area contributed by atoms with E-state index in [9.17, 15) is 39.5 Å². The van der Waals surface area contributed by atoms with E-state index < -0.39 is 88.1 Å². The number of nitrogens with zero attached hydrogens (tertiary/aromatic N) is 6. The molecule has 0 aliphatic carbocycles. The third-order valence-electron chi connectivity index (χ3n) is 8.01. The molecule has 5 rings (SSSR count). The molecule has 0 aromatic carbocycles. The molecule has 2 aliphatic rings. The summed E-state index contributed by atoms with van der Waals surface area (Å²) < 4.78 is 53.7. The number of hydrogen-bond acceptors (Lipinski definition) is 19. The van der Waals surface area contributed by atoms with Crippen LogP contribution in [0.3, 0.4) is 0 Å². The van der Waals surface area contributed by atoms with Crippen molar-refractivity contribution in [3.63, 3.8) is 0 Å². The molecule has 2 fully saturated rings. The quantitative estimate of drug-likeness (QED) is 0.0424. The second-order valence-corrected chi connectivity index (χ2v) is 12.3. The summed E-state index contributed by atoms with van der Waals surface area (Å²) in [6.07, 6.45) is -6.67. The minimum Gasteiger partial charge on any atom is -0.394 e. The highest BCUT2D eigenvalue weighted by molar-refractivity contribution is 7.32. The van der Waals surface area contributed by atoms with Crippen LogP contribution in [0, 0.1) is 0 Å². The van der Waals surface area contributed by atoms with Gasteiger partial charge in [-0.25, -0.2) is 9.67 Å². The van der Waals surface area contributed by atoms with Crippen LogP contribution in [0.2, 0.25) is 0 Å². The fraction of sp³-hybridized carbons (Fsp3) is 0.704. The monoisotopic (exact) mass is 762 g/mol. The van der Waals surface area contributed by atoms with E-state index in [2.05, 4.69) is 30.6 Å². The van der Waals surface area contributed by atoms with E-state index in [0.29, 0.717) is 12.2 Å². The van der Waals surface area contributed by atoms with Gasteiger partial charge in [0.15, 0.2) is 29.8 Å². The molecule has 0 radical (unpaired) electrons. The number of anilines is 1. The highest BCUT2D eigenvalue weighted by atomic mass is 31.1. The molecule has 2 aliphatic heterocycles. The normalized spacial score (nSPS) is 28.0. The third-order valence-corrected chi connectivity index (χ3v) is 8.43. The van der Waals surface area contributed by atoms with Gasteiger partial charge in [-0.05, 0) is 0 Å². The van der Waals surface area contributed by atoms with E-state index in [1.54, 1.807) is 6.20 Å². The maximum Gasteiger partial charge on any atom is 0.695 e. The summed E-state index contributed by atoms with van der Waals surface area (Å²) in [5.41, 5.74) is 5.52. The number of amides is 1. The van der Waals surface area contributed by atoms with Crippen molar-refractivity contribution in [2.24, 2.45) is 0 Å². The first kappa shape index (κ1) is 39.6. The summed E-state index contributed by atoms with van der Waals surface area (Å²) in [4.78, 5) is 43.8. The summed E-state index contributed by atoms with van der Waals surface area (Å²) in [5, 5.41) is 50.3. The molecule has 0 bridgehead atoms. The van der Waals surface area contributed by atoms with Gasteiger partial charge in [0.25, 0.3) is 5.56 Å². The van der Waals surface area contributed by atoms with Gasteiger partial charge >= 0.3 is 8.25 Å². The Morgan fingerprint density at radius 3 is 2.50 bits per heavy atom. The van der Waals surface area contributed by atoms with E-state index in [-0.39, 0.29) is 56.8 Å². The number of imidazole rings is 1. The van der Waals surface area contributed by atoms with Crippen molar-refractivity contribution >= 4 is 31.3 Å². The van der Waals surface area contributed by atoms with Crippen LogP contribution >= 0.6 is 8.25 Å². The molecule has 0 saturated carbocycles. The maximum atomic E-state index is 12.3. The molecule has 0 spiro atoms. The molecule has 3 aromatic heterocycles. The minimum absolute atomic E-state index is 0.0232. The second-order valence-electron chi connectivity index (χ2n) is 11.6. The van der Waals surface area contributed by atoms with E-state index >= 15 is 0 Å². The van der Waals surface area contributed by atoms with Crippen LogP contribution in [0.5, 0.6) is 0 Å². The largest absolute Gasteiger partial charge is 0.695 e. The van der Waals surface area contributed by atoms with Crippen LogP contribution in [-0.2, 0) is 55.5 Å². The number of carbonyl (C=O) groups is 1. The van der Waals surface area contributed by atoms with E-state index in [4.69, 9.17) is 38.7 Å². The number of aliphatic hydroxyl groups excluding tert-OH is 4. The number of carbonyl (C=O) groups excluding carboxylic acids is 1. The van der Waals surface area contributed by atoms with Crippen LogP contribution < -0.4 is 16.6 Å². The standard InChI is InChI=1S/C27H40N9O15P/c1-13(39)30-17-20(41)19(40)15(9-37)50-26(17)47-7-6-46-5-4-45-3-2-35-8-14(33-34-35)11-48-22-21(51-52(43)44)16(10-38)49-25(22)36-12-29-18-23(36)31-27(28)32-24(18)42/h8,12,15-17,19-22,25-26,37-38,40-41H,2-7,9-11H2,1H3,(H4-,28,30,31,32,39,42,43,44)/p+1/t15?,16-,17?,19?,20?,21?,22?,25-,26?/m1/s1. The van der Waals surface area contributed by atoms with Crippen molar-refractivity contribution in [3.05, 3.63) is 28.6 Å². The van der Waals surface area contributed by atoms with Gasteiger partial charge in [0.1, 0.15) is 42.3 Å². The zero-order chi connectivity index (χ0) is 37.4. The number of aromatic nitrogens is 7. The number of hydrogen-bond donors (Lipinski definition) is 8. The molecule has 2 saturated heterocycles. The van der Waals surface area contributed by atoms with E-state index in [1.165, 1.54) is 22.5 Å². The van der Waals surface area contributed by atoms with Gasteiger partial charge in [-0.2, -0.15) is 4.98 Å². The number of nitrogen functional groups attached to an aromatic ring is 1. The third kappa shape index (κ3) is 9.67. The summed E-state index contributed by atoms with van der Waals surface area (Å²) in [6, 6.07) is -1.05. The topological polar surface area (TPSA) is 332 Å². The molecule has 5 heterocycles. The van der Waals surface area contributed by atoms with Crippen molar-refractivity contribution in [2.75, 3.05) is 52.0 Å². The molecule has 288 valence electrons. The van der Waals surface area contributed by atoms with Gasteiger partial charge in [-0.1, -0.05) is 5.21 Å². The van der Waals surface area contributed by atoms with Gasteiger partial charge in [-0.15, -0.1) is 14.5 Å². The Morgan fingerprint density at radius 2 is 1.79 bits per heavy atom. The summed E-state index contributed by atoms with van der Waals surface area (Å²) >= 11 is 0. The zero-order valence-electron chi connectivity index (χ0n) is 27.7. The molecule has 9 N–H and O–H groups in total. The van der Waals surface area contributed by atoms with Crippen LogP contribution in [-0.4, -0.2) is 161 Å². The van der Waals surface area contributed by atoms with Crippen LogP contribution in [0.4, 0.5) is 5.95 Å². The van der Waals surface area contributed by atoms with Gasteiger partial charge in [-0.3, -0.25) is 19.1 Å². The molecule has 1 amide bonds. The molecular formula is C27H41N9O15P+. The van der Waals surface area contributed by atoms with Crippen molar-refractivity contribution in [3.8, 4) is 0 Å². The SMILES string of the molecule is CC(=O)NC1C(OCCOCCOCCn2cc(COC3C(O[P+](=O)O)[C@@H](CO)O[C@H]3n3cnc4c(=O)[nH]c(N)nc43)nn2)OC(CO)C(O)C1O. The van der Waals surface area contributed by atoms with E-state index in [1.807, 2.05) is 0 Å². The Labute approximate surface area is 294 Å². The first-order chi connectivity index (χ1) is 25.0. The first-order valence-electron chi connectivity index (χ1n) is 16.0. The number of ether oxygens (including phenoxy) is 6. The Morgan fingerprint density at radius 1 is 1.06 bits per heavy atom. The molecule has 10 atom stereocenters. The second kappa shape index (κ2) is 18.4. The van der Waals surface area contributed by atoms with Crippen molar-refractivity contribution < 1.29 is 67.6 Å². The summed E-state index contributed by atoms with van der Waals surface area (Å²) in [6.45, 7) is 1.12. The predicted molar refractivity (Wildman–Crippen MR) is 170 cm³/mol. The minimum atomic E-state index is -3.12. The predicted octanol–water partition coefficient (Wildman–Crippen LogP) is -4.20. The number of rotatable bonds is 19. The Hall–Kier alpha value is -3.62. The van der Waals surface area contributed by atoms with Gasteiger partial charge < -0.3 is 59.9 Å². The number of fused-ring (bicyclic) bond motifs is 1. The number of nitrogens with one attached hydrogen (secondary N) is 2. The smallest absolute Gasteiger partial charge is 0.394 e. The number of aliphatic hydroxyl groups is 4. The van der Waals surface area contributed by atoms with Crippen LogP contribution in [0.1, 0.15) is 18.8 Å². The summed E-state index contributed by atoms with van der Waals surface area (Å²) in [7, 11) is -3.12. The average Bonchev–Trinajstić information content (AvgIpc) is 3.82. The highest BCUT2D eigenvalue weighted by Gasteiger charge is 2.52. The summed E-state index contributed by atoms with van der Waals surface area (Å²) in [5.74, 6) is -0.637. The lowest BCUT2D eigenvalue weighted by Gasteiger charge is -2.42. The lowest BCUT2D eigenvalue weighted by molar-refractivity contribution is -0.272. The highest BCUT2D eigenvalue weighted by Crippen LogP contribution is 2.39. The van der Waals surface area contributed by atoms with Gasteiger partial charge in [0.05, 0.1) is 71.9 Å². The maximum absolute atomic E-state index is 12.3. The van der Waals surface area contributed by atoms with Crippen molar-refractivity contribution in [2.45, 2.75) is 75.3 Å². The molecule has 25 heteroatoms. The van der Waals surface area contributed by atoms with Crippen LogP contribution in [0.15, 0.2) is 17.3 Å². The molecule has 52 heavy (non-hydrogen) atoms. The van der Waals surface area contributed by atoms with Gasteiger partial charge in [0.2, 0.25) is 11.9 Å². The molecule has 24 nitrogen and oxygen atoms in total. The Balaban J connectivity index is 1.06. The van der Waals surface area contributed by atoms with Gasteiger partial charge in [0, 0.05) is 11.5 Å². The molecular weight excluding hydrogens is 721 g/mol. The fourth-order valence-electron chi connectivity index (χ4n) is 5.63. The number of H-pyrrole nitrogens is 1. The molecule has 3 aromatic rings. The van der Waals surface area contributed by atoms with Crippen LogP contribution in [0.25, 0.3) is 11.2 Å². The van der Waals surface area contributed by atoms with Crippen molar-refractivity contribution in [1.29, 1.82) is 0 Å². The Kier molecular flexibility index (Phi) is 14.0. The number of nitrogens with two attached hydrogens (primary N) is 1. The average molecular weight is 763 g/mol.